The molecule has 8 nitrogen and oxygen atoms in total. The van der Waals surface area contributed by atoms with E-state index in [0.717, 1.165) is 51.0 Å². The van der Waals surface area contributed by atoms with Crippen molar-refractivity contribution in [2.75, 3.05) is 32.7 Å². The fourth-order valence-electron chi connectivity index (χ4n) is 1.83. The third kappa shape index (κ3) is 54.3. The first-order valence-corrected chi connectivity index (χ1v) is 11.7. The zero-order valence-corrected chi connectivity index (χ0v) is 22.8. The fourth-order valence-corrected chi connectivity index (χ4v) is 1.83. The minimum Gasteiger partial charge on any atom is -0.469 e. The molecule has 35 heavy (non-hydrogen) atoms. The Kier molecular flexibility index (Phi) is 36.1. The topological polar surface area (TPSA) is 105 Å². The molecule has 0 fully saturated rings. The summed E-state index contributed by atoms with van der Waals surface area (Å²) in [5, 5.41) is -2.06. The van der Waals surface area contributed by atoms with Crippen molar-refractivity contribution in [3.8, 4) is 0 Å². The van der Waals surface area contributed by atoms with Crippen LogP contribution < -0.4 is 0 Å². The van der Waals surface area contributed by atoms with Crippen LogP contribution in [0.1, 0.15) is 68.0 Å². The number of unbranched alkanes of at least 4 members (excludes halogenated alkanes) is 5. The molecule has 0 aromatic heterocycles. The van der Waals surface area contributed by atoms with Crippen molar-refractivity contribution in [3.63, 3.8) is 0 Å². The van der Waals surface area contributed by atoms with Crippen LogP contribution in [-0.4, -0.2) is 56.6 Å². The van der Waals surface area contributed by atoms with Crippen LogP contribution in [0.2, 0.25) is 0 Å². The highest BCUT2D eigenvalue weighted by molar-refractivity contribution is 6.40. The van der Waals surface area contributed by atoms with Gasteiger partial charge in [0.15, 0.2) is 0 Å². The Bertz CT molecular complexity index is 645. The number of ether oxygens (including phenoxy) is 4. The average Bonchev–Trinajstić information content (AvgIpc) is 2.81. The standard InChI is InChI=1S/C12H20O4.C8H14O2.C4H6O2.CH2Cl2/c1-11(13)16-10-8-6-4-3-5-7-9-12(14)15-2;1-3-4-5-6-7-10-8(2)9;1-3-4(5)6-2;2-1-3/h5,7H,3-4,6,8-10H2,1-2H3;3H,1,4-7H2,2H3;3H,1H2,2H3;1H2/b7-5+;;;/i;;;1D2. The Balaban J connectivity index is -0.000000220. The van der Waals surface area contributed by atoms with Crippen molar-refractivity contribution in [2.24, 2.45) is 0 Å². The molecule has 0 aliphatic rings. The number of carbonyl (C=O) groups is 4. The van der Waals surface area contributed by atoms with Crippen molar-refractivity contribution in [1.82, 2.24) is 0 Å². The molecule has 0 amide bonds. The monoisotopic (exact) mass is 542 g/mol. The molecule has 0 aliphatic carbocycles. The zero-order valence-electron chi connectivity index (χ0n) is 23.3. The molecule has 0 aromatic rings. The van der Waals surface area contributed by atoms with Crippen LogP contribution >= 0.6 is 23.2 Å². The highest BCUT2D eigenvalue weighted by Crippen LogP contribution is 2.02. The number of carbonyl (C=O) groups excluding carboxylic acids is 4. The van der Waals surface area contributed by atoms with E-state index in [1.54, 1.807) is 0 Å². The van der Waals surface area contributed by atoms with Crippen LogP contribution in [0.5, 0.6) is 0 Å². The van der Waals surface area contributed by atoms with Gasteiger partial charge >= 0.3 is 23.9 Å². The lowest BCUT2D eigenvalue weighted by Gasteiger charge is -2.00. The number of rotatable bonds is 14. The smallest absolute Gasteiger partial charge is 0.329 e. The Morgan fingerprint density at radius 1 is 0.800 bits per heavy atom. The van der Waals surface area contributed by atoms with Crippen molar-refractivity contribution >= 4 is 47.1 Å². The molecule has 204 valence electrons. The van der Waals surface area contributed by atoms with Crippen molar-refractivity contribution in [1.29, 1.82) is 0 Å². The van der Waals surface area contributed by atoms with Crippen LogP contribution in [0.25, 0.3) is 0 Å². The lowest BCUT2D eigenvalue weighted by Crippen LogP contribution is -1.99. The Morgan fingerprint density at radius 2 is 1.29 bits per heavy atom. The highest BCUT2D eigenvalue weighted by Gasteiger charge is 1.94. The summed E-state index contributed by atoms with van der Waals surface area (Å²) in [7, 11) is 2.69. The summed E-state index contributed by atoms with van der Waals surface area (Å²) in [5.41, 5.74) is 0. The van der Waals surface area contributed by atoms with E-state index in [1.807, 2.05) is 18.2 Å². The highest BCUT2D eigenvalue weighted by atomic mass is 35.5. The van der Waals surface area contributed by atoms with E-state index in [2.05, 4.69) is 45.8 Å². The molecule has 0 heterocycles. The second-order valence-corrected chi connectivity index (χ2v) is 6.94. The van der Waals surface area contributed by atoms with Gasteiger partial charge < -0.3 is 18.9 Å². The second-order valence-electron chi connectivity index (χ2n) is 6.36. The predicted molar refractivity (Wildman–Crippen MR) is 140 cm³/mol. The van der Waals surface area contributed by atoms with Crippen LogP contribution in [0.3, 0.4) is 0 Å². The molecular weight excluding hydrogens is 499 g/mol. The maximum absolute atomic E-state index is 10.7. The molecule has 0 saturated carbocycles. The molecule has 0 N–H and O–H groups in total. The van der Waals surface area contributed by atoms with Crippen LogP contribution in [0.4, 0.5) is 0 Å². The summed E-state index contributed by atoms with van der Waals surface area (Å²) in [4.78, 5) is 41.2. The molecule has 0 aliphatic heterocycles. The molecule has 0 saturated heterocycles. The Morgan fingerprint density at radius 3 is 1.66 bits per heavy atom. The first-order chi connectivity index (χ1) is 17.2. The van der Waals surface area contributed by atoms with Gasteiger partial charge in [-0.05, 0) is 44.9 Å². The van der Waals surface area contributed by atoms with Gasteiger partial charge in [-0.15, -0.1) is 29.8 Å². The quantitative estimate of drug-likeness (QED) is 0.0666. The summed E-state index contributed by atoms with van der Waals surface area (Å²) in [6, 6.07) is 0. The van der Waals surface area contributed by atoms with Gasteiger partial charge in [0.25, 0.3) is 0 Å². The minimum absolute atomic E-state index is 0.196. The van der Waals surface area contributed by atoms with Gasteiger partial charge in [-0.1, -0.05) is 24.8 Å². The van der Waals surface area contributed by atoms with E-state index in [4.69, 9.17) is 12.2 Å². The number of hydrogen-bond donors (Lipinski definition) is 0. The number of methoxy groups -OCH3 is 2. The SMILES string of the molecule is C=CC(=O)OC.C=CCCCCOC(C)=O.COC(=O)C/C=C/CCCCCOC(C)=O.[2H]C([2H])(Cl)Cl. The van der Waals surface area contributed by atoms with Gasteiger partial charge in [-0.25, -0.2) is 4.79 Å². The van der Waals surface area contributed by atoms with Gasteiger partial charge in [-0.3, -0.25) is 14.4 Å². The number of allylic oxidation sites excluding steroid dienone is 2. The molecule has 0 unspecified atom stereocenters. The third-order valence-electron chi connectivity index (χ3n) is 3.48. The van der Waals surface area contributed by atoms with E-state index < -0.39 is 11.3 Å². The minimum atomic E-state index is -2.06. The molecule has 0 bridgehead atoms. The fraction of sp³-hybridized carbons (Fsp3) is 0.600. The molecular formula is C25H42Cl2O8. The van der Waals surface area contributed by atoms with E-state index >= 15 is 0 Å². The lowest BCUT2D eigenvalue weighted by molar-refractivity contribution is -0.142. The number of esters is 4. The summed E-state index contributed by atoms with van der Waals surface area (Å²) in [6.07, 6.45) is 14.0. The largest absolute Gasteiger partial charge is 0.469 e. The summed E-state index contributed by atoms with van der Waals surface area (Å²) >= 11 is 9.26. The maximum atomic E-state index is 10.7. The normalized spacial score (nSPS) is 10.2. The second kappa shape index (κ2) is 36.3. The van der Waals surface area contributed by atoms with Crippen molar-refractivity contribution in [2.45, 2.75) is 65.2 Å². The maximum Gasteiger partial charge on any atom is 0.329 e. The first-order valence-electron chi connectivity index (χ1n) is 11.9. The van der Waals surface area contributed by atoms with E-state index in [9.17, 15) is 19.2 Å². The Hall–Kier alpha value is -2.32. The van der Waals surface area contributed by atoms with Crippen LogP contribution in [0, 0.1) is 0 Å². The molecule has 0 atom stereocenters. The number of alkyl halides is 2. The Labute approximate surface area is 223 Å². The zero-order chi connectivity index (χ0) is 29.5. The van der Waals surface area contributed by atoms with Crippen molar-refractivity contribution < 1.29 is 40.9 Å². The van der Waals surface area contributed by atoms with Crippen LogP contribution in [-0.2, 0) is 38.1 Å². The van der Waals surface area contributed by atoms with Gasteiger partial charge in [0.05, 0.1) is 41.9 Å². The first kappa shape index (κ1) is 34.8. The van der Waals surface area contributed by atoms with Crippen LogP contribution in [0.15, 0.2) is 37.5 Å². The van der Waals surface area contributed by atoms with Gasteiger partial charge in [0.2, 0.25) is 0 Å². The molecule has 0 spiro atoms. The van der Waals surface area contributed by atoms with Crippen molar-refractivity contribution in [3.05, 3.63) is 37.5 Å². The van der Waals surface area contributed by atoms with E-state index in [0.29, 0.717) is 19.6 Å². The number of halogens is 2. The summed E-state index contributed by atoms with van der Waals surface area (Å²) in [6.45, 7) is 10.6. The summed E-state index contributed by atoms with van der Waals surface area (Å²) < 4.78 is 30.4. The molecule has 0 radical (unpaired) electrons. The summed E-state index contributed by atoms with van der Waals surface area (Å²) in [5.74, 6) is -1.03. The van der Waals surface area contributed by atoms with Gasteiger partial charge in [0.1, 0.15) is 0 Å². The molecule has 0 rings (SSSR count). The molecule has 10 heteroatoms. The van der Waals surface area contributed by atoms with E-state index in [-0.39, 0.29) is 17.9 Å². The lowest BCUT2D eigenvalue weighted by atomic mass is 10.2. The predicted octanol–water partition coefficient (Wildman–Crippen LogP) is 5.90. The molecule has 0 aromatic carbocycles. The third-order valence-corrected chi connectivity index (χ3v) is 3.48. The van der Waals surface area contributed by atoms with E-state index in [1.165, 1.54) is 28.1 Å². The van der Waals surface area contributed by atoms with Gasteiger partial charge in [0, 0.05) is 19.9 Å². The van der Waals surface area contributed by atoms with Gasteiger partial charge in [-0.2, -0.15) is 0 Å². The average molecular weight is 544 g/mol. The number of hydrogen-bond acceptors (Lipinski definition) is 8.